The van der Waals surface area contributed by atoms with Gasteiger partial charge in [-0.1, -0.05) is 78.9 Å². The zero-order chi connectivity index (χ0) is 15.9. The van der Waals surface area contributed by atoms with Gasteiger partial charge in [-0.2, -0.15) is 0 Å². The first-order valence-corrected chi connectivity index (χ1v) is 8.89. The SMILES string of the molecule is CN(C#CP(c1ccccc1)c1ccccc1)c1ccccc1. The van der Waals surface area contributed by atoms with Crippen LogP contribution in [0.3, 0.4) is 0 Å². The lowest BCUT2D eigenvalue weighted by atomic mass is 10.3. The van der Waals surface area contributed by atoms with Crippen LogP contribution in [0.1, 0.15) is 0 Å². The molecular formula is C21H18NP. The van der Waals surface area contributed by atoms with Crippen molar-refractivity contribution in [3.8, 4) is 11.7 Å². The van der Waals surface area contributed by atoms with Crippen molar-refractivity contribution >= 4 is 24.2 Å². The molecule has 112 valence electrons. The monoisotopic (exact) mass is 315 g/mol. The molecule has 0 spiro atoms. The zero-order valence-electron chi connectivity index (χ0n) is 13.1. The van der Waals surface area contributed by atoms with Crippen LogP contribution in [0.5, 0.6) is 0 Å². The minimum absolute atomic E-state index is 0.677. The van der Waals surface area contributed by atoms with Crippen LogP contribution in [0.4, 0.5) is 5.69 Å². The third-order valence-electron chi connectivity index (χ3n) is 3.50. The first-order chi connectivity index (χ1) is 11.3. The zero-order valence-corrected chi connectivity index (χ0v) is 13.9. The molecule has 0 aromatic heterocycles. The first kappa shape index (κ1) is 15.3. The number of hydrogen-bond donors (Lipinski definition) is 0. The van der Waals surface area contributed by atoms with Crippen LogP contribution in [-0.2, 0) is 0 Å². The highest BCUT2D eigenvalue weighted by Crippen LogP contribution is 2.31. The molecule has 0 unspecified atom stereocenters. The van der Waals surface area contributed by atoms with Gasteiger partial charge in [-0.25, -0.2) is 0 Å². The summed E-state index contributed by atoms with van der Waals surface area (Å²) < 4.78 is 0. The van der Waals surface area contributed by atoms with Crippen LogP contribution in [0, 0.1) is 11.7 Å². The molecule has 23 heavy (non-hydrogen) atoms. The van der Waals surface area contributed by atoms with Gasteiger partial charge in [0.15, 0.2) is 0 Å². The van der Waals surface area contributed by atoms with E-state index in [0.29, 0.717) is 0 Å². The fourth-order valence-electron chi connectivity index (χ4n) is 2.27. The minimum Gasteiger partial charge on any atom is -0.304 e. The Bertz CT molecular complexity index is 749. The predicted molar refractivity (Wildman–Crippen MR) is 102 cm³/mol. The van der Waals surface area contributed by atoms with E-state index in [9.17, 15) is 0 Å². The maximum absolute atomic E-state index is 3.49. The fourth-order valence-corrected chi connectivity index (χ4v) is 4.02. The summed E-state index contributed by atoms with van der Waals surface area (Å²) in [6, 6.07) is 34.6. The van der Waals surface area contributed by atoms with Crippen LogP contribution < -0.4 is 15.5 Å². The molecule has 3 rings (SSSR count). The lowest BCUT2D eigenvalue weighted by Crippen LogP contribution is -2.12. The average Bonchev–Trinajstić information content (AvgIpc) is 2.64. The number of anilines is 1. The van der Waals surface area contributed by atoms with Gasteiger partial charge in [-0.15, -0.1) is 0 Å². The van der Waals surface area contributed by atoms with E-state index < -0.39 is 7.92 Å². The van der Waals surface area contributed by atoms with E-state index in [4.69, 9.17) is 0 Å². The molecule has 0 fully saturated rings. The van der Waals surface area contributed by atoms with E-state index in [-0.39, 0.29) is 0 Å². The number of rotatable bonds is 3. The Kier molecular flexibility index (Phi) is 5.09. The molecule has 2 heteroatoms. The topological polar surface area (TPSA) is 3.24 Å². The molecule has 0 saturated heterocycles. The molecule has 0 atom stereocenters. The molecular weight excluding hydrogens is 297 g/mol. The number of para-hydroxylation sites is 1. The third-order valence-corrected chi connectivity index (χ3v) is 5.45. The van der Waals surface area contributed by atoms with E-state index in [1.165, 1.54) is 10.6 Å². The summed E-state index contributed by atoms with van der Waals surface area (Å²) in [5.74, 6) is 0. The Balaban J connectivity index is 1.93. The average molecular weight is 315 g/mol. The third kappa shape index (κ3) is 4.01. The van der Waals surface area contributed by atoms with Gasteiger partial charge in [0.05, 0.1) is 0 Å². The molecule has 0 heterocycles. The van der Waals surface area contributed by atoms with E-state index >= 15 is 0 Å². The molecule has 0 aliphatic carbocycles. The van der Waals surface area contributed by atoms with Crippen molar-refractivity contribution in [2.45, 2.75) is 0 Å². The molecule has 0 amide bonds. The highest BCUT2D eigenvalue weighted by molar-refractivity contribution is 7.77. The summed E-state index contributed by atoms with van der Waals surface area (Å²) in [4.78, 5) is 1.99. The Morgan fingerprint density at radius 1 is 0.652 bits per heavy atom. The second-order valence-corrected chi connectivity index (χ2v) is 7.05. The lowest BCUT2D eigenvalue weighted by Gasteiger charge is -2.14. The Morgan fingerprint density at radius 3 is 1.57 bits per heavy atom. The summed E-state index contributed by atoms with van der Waals surface area (Å²) in [5.41, 5.74) is 4.60. The van der Waals surface area contributed by atoms with Crippen molar-refractivity contribution in [1.29, 1.82) is 0 Å². The maximum Gasteiger partial charge on any atom is 0.0485 e. The summed E-state index contributed by atoms with van der Waals surface area (Å²) in [7, 11) is 1.33. The standard InChI is InChI=1S/C21H18NP/c1-22(19-11-5-2-6-12-19)17-18-23(20-13-7-3-8-14-20)21-15-9-4-10-16-21/h2-16H,1H3. The number of benzene rings is 3. The molecule has 3 aromatic rings. The Hall–Kier alpha value is -2.55. The van der Waals surface area contributed by atoms with Gasteiger partial charge in [0.25, 0.3) is 0 Å². The normalized spacial score (nSPS) is 10.0. The van der Waals surface area contributed by atoms with Crippen molar-refractivity contribution < 1.29 is 0 Å². The van der Waals surface area contributed by atoms with Crippen LogP contribution >= 0.6 is 7.92 Å². The quantitative estimate of drug-likeness (QED) is 0.398. The van der Waals surface area contributed by atoms with Gasteiger partial charge in [-0.3, -0.25) is 0 Å². The molecule has 1 nitrogen and oxygen atoms in total. The van der Waals surface area contributed by atoms with E-state index in [1.807, 2.05) is 42.3 Å². The van der Waals surface area contributed by atoms with Crippen molar-refractivity contribution in [2.75, 3.05) is 11.9 Å². The fraction of sp³-hybridized carbons (Fsp3) is 0.0476. The van der Waals surface area contributed by atoms with Crippen LogP contribution in [-0.4, -0.2) is 7.05 Å². The molecule has 0 bridgehead atoms. The lowest BCUT2D eigenvalue weighted by molar-refractivity contribution is 1.25. The largest absolute Gasteiger partial charge is 0.304 e. The van der Waals surface area contributed by atoms with Gasteiger partial charge in [-0.05, 0) is 28.4 Å². The van der Waals surface area contributed by atoms with Crippen LogP contribution in [0.2, 0.25) is 0 Å². The Morgan fingerprint density at radius 2 is 1.09 bits per heavy atom. The number of nitrogens with zero attached hydrogens (tertiary/aromatic N) is 1. The van der Waals surface area contributed by atoms with Gasteiger partial charge in [0.2, 0.25) is 0 Å². The molecule has 0 radical (unpaired) electrons. The Labute approximate surface area is 139 Å². The molecule has 0 aliphatic heterocycles. The maximum atomic E-state index is 3.49. The van der Waals surface area contributed by atoms with Crippen LogP contribution in [0.15, 0.2) is 91.0 Å². The van der Waals surface area contributed by atoms with E-state index in [2.05, 4.69) is 72.4 Å². The van der Waals surface area contributed by atoms with Gasteiger partial charge in [0, 0.05) is 26.7 Å². The minimum atomic E-state index is -0.677. The van der Waals surface area contributed by atoms with Gasteiger partial charge >= 0.3 is 0 Å². The molecule has 0 N–H and O–H groups in total. The summed E-state index contributed by atoms with van der Waals surface area (Å²) in [5, 5.41) is 2.56. The summed E-state index contributed by atoms with van der Waals surface area (Å²) in [6.07, 6.45) is 0. The van der Waals surface area contributed by atoms with E-state index in [1.54, 1.807) is 0 Å². The molecule has 0 aliphatic rings. The van der Waals surface area contributed by atoms with Gasteiger partial charge < -0.3 is 4.90 Å². The molecule has 3 aromatic carbocycles. The van der Waals surface area contributed by atoms with Crippen molar-refractivity contribution in [2.24, 2.45) is 0 Å². The second kappa shape index (κ2) is 7.63. The first-order valence-electron chi connectivity index (χ1n) is 7.55. The van der Waals surface area contributed by atoms with Gasteiger partial charge in [0.1, 0.15) is 0 Å². The van der Waals surface area contributed by atoms with Crippen molar-refractivity contribution in [3.05, 3.63) is 91.0 Å². The highest BCUT2D eigenvalue weighted by atomic mass is 31.1. The van der Waals surface area contributed by atoms with Crippen LogP contribution in [0.25, 0.3) is 0 Å². The van der Waals surface area contributed by atoms with Crippen molar-refractivity contribution in [3.63, 3.8) is 0 Å². The highest BCUT2D eigenvalue weighted by Gasteiger charge is 2.10. The predicted octanol–water partition coefficient (Wildman–Crippen LogP) is 4.17. The van der Waals surface area contributed by atoms with Crippen molar-refractivity contribution in [1.82, 2.24) is 0 Å². The van der Waals surface area contributed by atoms with E-state index in [0.717, 1.165) is 5.69 Å². The summed E-state index contributed by atoms with van der Waals surface area (Å²) >= 11 is 0. The molecule has 0 saturated carbocycles. The number of hydrogen-bond acceptors (Lipinski definition) is 1. The summed E-state index contributed by atoms with van der Waals surface area (Å²) in [6.45, 7) is 0. The second-order valence-electron chi connectivity index (χ2n) is 5.12. The smallest absolute Gasteiger partial charge is 0.0485 e.